The minimum absolute atomic E-state index is 0.0292. The molecule has 11 atom stereocenters. The van der Waals surface area contributed by atoms with Gasteiger partial charge in [-0.25, -0.2) is 4.79 Å². The Bertz CT molecular complexity index is 2880. The van der Waals surface area contributed by atoms with Crippen LogP contribution in [0, 0.1) is 41.4 Å². The van der Waals surface area contributed by atoms with Gasteiger partial charge in [0.25, 0.3) is 11.8 Å². The summed E-state index contributed by atoms with van der Waals surface area (Å²) in [5.41, 5.74) is 7.55. The molecule has 5 N–H and O–H groups in total. The number of ether oxygens (including phenoxy) is 3. The summed E-state index contributed by atoms with van der Waals surface area (Å²) in [6.45, 7) is 16.9. The molecule has 0 bridgehead atoms. The summed E-state index contributed by atoms with van der Waals surface area (Å²) in [6.07, 6.45) is 12.4. The molecule has 2 aliphatic heterocycles. The van der Waals surface area contributed by atoms with E-state index in [0.717, 1.165) is 23.3 Å². The highest BCUT2D eigenvalue weighted by molar-refractivity contribution is 6.12. The number of allylic oxidation sites excluding steroid dienone is 4. The van der Waals surface area contributed by atoms with Gasteiger partial charge in [0.2, 0.25) is 29.5 Å². The summed E-state index contributed by atoms with van der Waals surface area (Å²) in [5, 5.41) is 15.9. The van der Waals surface area contributed by atoms with Gasteiger partial charge in [0.15, 0.2) is 5.78 Å². The third kappa shape index (κ3) is 24.3. The topological polar surface area (TPSA) is 316 Å². The molecule has 0 radical (unpaired) electrons. The molecule has 95 heavy (non-hydrogen) atoms. The first-order valence-corrected chi connectivity index (χ1v) is 34.1. The fourth-order valence-electron chi connectivity index (χ4n) is 13.1. The number of rotatable bonds is 43. The van der Waals surface area contributed by atoms with Crippen molar-refractivity contribution in [3.05, 3.63) is 71.3 Å². The van der Waals surface area contributed by atoms with E-state index in [1.165, 1.54) is 38.3 Å². The Labute approximate surface area is 562 Å². The average molecular weight is 1330 g/mol. The van der Waals surface area contributed by atoms with Gasteiger partial charge in [-0.2, -0.15) is 0 Å². The highest BCUT2D eigenvalue weighted by Crippen LogP contribution is 2.32. The number of carboxylic acid groups (broad SMARTS) is 1. The average Bonchev–Trinajstić information content (AvgIpc) is 1.81. The maximum atomic E-state index is 14.8. The lowest BCUT2D eigenvalue weighted by atomic mass is 9.84. The number of likely N-dealkylation sites (N-methyl/N-ethyl adjacent to an activating group) is 2. The van der Waals surface area contributed by atoms with Crippen molar-refractivity contribution in [3.8, 4) is 0 Å². The first-order chi connectivity index (χ1) is 44.9. The van der Waals surface area contributed by atoms with Gasteiger partial charge in [0.1, 0.15) is 30.3 Å². The first-order valence-electron chi connectivity index (χ1n) is 34.1. The van der Waals surface area contributed by atoms with Crippen LogP contribution in [0.15, 0.2) is 60.2 Å². The number of likely N-dealkylation sites (tertiary alicyclic amines) is 1. The lowest BCUT2D eigenvalue weighted by molar-refractivity contribution is -0.148. The van der Waals surface area contributed by atoms with E-state index in [0.29, 0.717) is 69.0 Å². The zero-order valence-electron chi connectivity index (χ0n) is 58.6. The third-order valence-corrected chi connectivity index (χ3v) is 19.1. The Morgan fingerprint density at radius 1 is 0.747 bits per heavy atom. The van der Waals surface area contributed by atoms with Crippen LogP contribution in [0.2, 0.25) is 0 Å². The number of carbonyl (C=O) groups excluding carboxylic acids is 11. The van der Waals surface area contributed by atoms with Crippen molar-refractivity contribution in [2.75, 3.05) is 41.4 Å². The SMILES string of the molecule is CC[C@@H](C)[C@@H]([C@@H](CC(=O)N1CCC[C@H]1[C@H](OC)[C@@H](C)C(=O)C[C@@H](CC1=CC=CCC1)C(=O)O)OC)N(C)C(=O)[C@@H](NC(=O)[C@H](C(C)C)N(C)C(=O)OCc1ccc(CC(=O)[C@H](CCCCC(N)=O)NC(=O)[C@@H](CC(=O)CCCCCN2C(=O)C=CC2=O)C(C)C)cc1)C(C)C. The number of primary amides is 1. The molecule has 0 aromatic heterocycles. The molecule has 528 valence electrons. The van der Waals surface area contributed by atoms with E-state index in [2.05, 4.69) is 10.6 Å². The van der Waals surface area contributed by atoms with Crippen molar-refractivity contribution in [3.63, 3.8) is 0 Å². The van der Waals surface area contributed by atoms with Gasteiger partial charge in [0.05, 0.1) is 42.7 Å². The van der Waals surface area contributed by atoms with Gasteiger partial charge in [-0.3, -0.25) is 62.5 Å². The van der Waals surface area contributed by atoms with Gasteiger partial charge >= 0.3 is 12.1 Å². The number of imide groups is 1. The molecule has 1 fully saturated rings. The molecule has 23 heteroatoms. The quantitative estimate of drug-likeness (QED) is 0.0355. The number of carboxylic acids is 1. The minimum atomic E-state index is -1.08. The number of nitrogens with one attached hydrogen (secondary N) is 2. The second-order valence-corrected chi connectivity index (χ2v) is 27.2. The van der Waals surface area contributed by atoms with Crippen molar-refractivity contribution in [2.24, 2.45) is 47.2 Å². The van der Waals surface area contributed by atoms with Gasteiger partial charge in [-0.1, -0.05) is 130 Å². The summed E-state index contributed by atoms with van der Waals surface area (Å²) >= 11 is 0. The largest absolute Gasteiger partial charge is 0.481 e. The van der Waals surface area contributed by atoms with Gasteiger partial charge in [-0.15, -0.1) is 0 Å². The number of Topliss-reactive ketones (excluding diaryl/α,β-unsaturated/α-hetero) is 3. The maximum Gasteiger partial charge on any atom is 0.410 e. The molecule has 1 aromatic carbocycles. The fraction of sp³-hybridized carbons (Fsp3) is 0.667. The second kappa shape index (κ2) is 39.6. The van der Waals surface area contributed by atoms with Crippen molar-refractivity contribution in [2.45, 2.75) is 227 Å². The highest BCUT2D eigenvalue weighted by Gasteiger charge is 2.44. The first kappa shape index (κ1) is 80.0. The summed E-state index contributed by atoms with van der Waals surface area (Å²) in [7, 11) is 6.06. The summed E-state index contributed by atoms with van der Waals surface area (Å²) in [6, 6.07) is 2.63. The van der Waals surface area contributed by atoms with Crippen LogP contribution in [0.25, 0.3) is 0 Å². The number of unbranched alkanes of at least 4 members (excludes halogenated alkanes) is 3. The van der Waals surface area contributed by atoms with Crippen molar-refractivity contribution in [1.29, 1.82) is 0 Å². The monoisotopic (exact) mass is 1330 g/mol. The molecular formula is C72H109N7O16. The standard InChI is InChI=1S/C72H109N7O16/c1-14-47(8)66(59(93-12)42-63(86)78-37-23-28-56(78)67(94-13)48(9)57(81)40-52(71(90)91)38-49-24-17-15-18-25-49)76(10)70(89)64(45(4)5)75-69(88)65(46(6)7)77(11)72(92)95-43-51-32-30-50(31-33-51)39-58(82)55(27-20-21-29-60(73)83)74-68(87)54(44(2)3)41-53(80)26-19-16-22-36-79-61(84)34-35-62(79)85/h15,17,24,30-35,44-48,52,54-56,59,64-67H,14,16,18-23,25-29,36-43H2,1-13H3,(H2,73,83)(H,74,87)(H,75,88)(H,90,91)/t47-,48+,52-,54+,55+,56+,59-,64+,65+,66+,67-/m1/s1. The van der Waals surface area contributed by atoms with E-state index in [4.69, 9.17) is 19.9 Å². The van der Waals surface area contributed by atoms with Crippen LogP contribution < -0.4 is 16.4 Å². The van der Waals surface area contributed by atoms with Crippen LogP contribution in [0.3, 0.4) is 0 Å². The van der Waals surface area contributed by atoms with Crippen molar-refractivity contribution < 1.29 is 76.9 Å². The lowest BCUT2D eigenvalue weighted by Crippen LogP contribution is -2.60. The minimum Gasteiger partial charge on any atom is -0.481 e. The van der Waals surface area contributed by atoms with E-state index in [9.17, 15) is 62.6 Å². The molecule has 0 spiro atoms. The maximum absolute atomic E-state index is 14.8. The lowest BCUT2D eigenvalue weighted by Gasteiger charge is -2.41. The molecule has 1 aliphatic carbocycles. The summed E-state index contributed by atoms with van der Waals surface area (Å²) in [4.78, 5) is 166. The molecule has 0 saturated carbocycles. The molecule has 1 saturated heterocycles. The number of methoxy groups -OCH3 is 2. The molecule has 23 nitrogen and oxygen atoms in total. The smallest absolute Gasteiger partial charge is 0.410 e. The number of hydrogen-bond donors (Lipinski definition) is 4. The van der Waals surface area contributed by atoms with Gasteiger partial charge < -0.3 is 45.5 Å². The fourth-order valence-corrected chi connectivity index (χ4v) is 13.1. The predicted octanol–water partition coefficient (Wildman–Crippen LogP) is 8.03. The molecule has 0 unspecified atom stereocenters. The van der Waals surface area contributed by atoms with Crippen LogP contribution in [0.1, 0.15) is 183 Å². The number of nitrogens with two attached hydrogens (primary N) is 1. The number of amides is 8. The van der Waals surface area contributed by atoms with Crippen LogP contribution in [0.4, 0.5) is 4.79 Å². The second-order valence-electron chi connectivity index (χ2n) is 27.2. The van der Waals surface area contributed by atoms with Crippen molar-refractivity contribution in [1.82, 2.24) is 30.2 Å². The van der Waals surface area contributed by atoms with Gasteiger partial charge in [0, 0.05) is 97.5 Å². The Kier molecular flexibility index (Phi) is 33.4. The third-order valence-electron chi connectivity index (χ3n) is 19.1. The van der Waals surface area contributed by atoms with Crippen LogP contribution >= 0.6 is 0 Å². The van der Waals surface area contributed by atoms with E-state index in [-0.39, 0.29) is 111 Å². The molecule has 4 rings (SSSR count). The number of aliphatic carboxylic acids is 1. The van der Waals surface area contributed by atoms with Crippen molar-refractivity contribution >= 4 is 70.8 Å². The Morgan fingerprint density at radius 2 is 1.40 bits per heavy atom. The molecular weight excluding hydrogens is 1220 g/mol. The molecule has 2 heterocycles. The van der Waals surface area contributed by atoms with E-state index in [1.807, 2.05) is 45.9 Å². The van der Waals surface area contributed by atoms with E-state index < -0.39 is 108 Å². The number of nitrogens with zero attached hydrogens (tertiary/aromatic N) is 4. The number of hydrogen-bond acceptors (Lipinski definition) is 15. The van der Waals surface area contributed by atoms with Crippen LogP contribution in [-0.2, 0) is 80.0 Å². The molecule has 1 aromatic rings. The molecule has 8 amide bonds. The highest BCUT2D eigenvalue weighted by atomic mass is 16.6. The zero-order chi connectivity index (χ0) is 70.8. The summed E-state index contributed by atoms with van der Waals surface area (Å²) in [5.74, 6) is -8.18. The number of benzene rings is 1. The van der Waals surface area contributed by atoms with Gasteiger partial charge in [-0.05, 0) is 92.6 Å². The molecule has 3 aliphatic rings. The number of ketones is 3. The van der Waals surface area contributed by atoms with E-state index >= 15 is 0 Å². The van der Waals surface area contributed by atoms with Crippen LogP contribution in [-0.4, -0.2) is 179 Å². The number of carbonyl (C=O) groups is 12. The normalized spacial score (nSPS) is 17.9. The Morgan fingerprint density at radius 3 is 1.97 bits per heavy atom. The predicted molar refractivity (Wildman–Crippen MR) is 358 cm³/mol. The van der Waals surface area contributed by atoms with Crippen LogP contribution in [0.5, 0.6) is 0 Å². The van der Waals surface area contributed by atoms with E-state index in [1.54, 1.807) is 75.7 Å². The zero-order valence-corrected chi connectivity index (χ0v) is 58.6. The Balaban J connectivity index is 1.38. The summed E-state index contributed by atoms with van der Waals surface area (Å²) < 4.78 is 17.8. The Hall–Kier alpha value is -7.40.